The van der Waals surface area contributed by atoms with E-state index in [0.717, 1.165) is 18.4 Å². The van der Waals surface area contributed by atoms with Gasteiger partial charge in [-0.3, -0.25) is 14.4 Å². The predicted molar refractivity (Wildman–Crippen MR) is 91.3 cm³/mol. The molecule has 2 N–H and O–H groups in total. The number of nitrogens with zero attached hydrogens (tertiary/aromatic N) is 1. The van der Waals surface area contributed by atoms with Crippen LogP contribution in [0.25, 0.3) is 0 Å². The fourth-order valence-corrected chi connectivity index (χ4v) is 2.75. The maximum atomic E-state index is 12.1. The van der Waals surface area contributed by atoms with Crippen LogP contribution in [0.15, 0.2) is 30.3 Å². The van der Waals surface area contributed by atoms with Crippen LogP contribution in [0.1, 0.15) is 37.7 Å². The second kappa shape index (κ2) is 9.05. The Balaban J connectivity index is 1.74. The van der Waals surface area contributed by atoms with Gasteiger partial charge in [-0.15, -0.1) is 0 Å². The number of unbranched alkanes of at least 4 members (excludes halogenated alkanes) is 1. The molecule has 3 amide bonds. The van der Waals surface area contributed by atoms with Crippen molar-refractivity contribution in [1.29, 1.82) is 0 Å². The van der Waals surface area contributed by atoms with Crippen LogP contribution in [0, 0.1) is 0 Å². The smallest absolute Gasteiger partial charge is 0.240 e. The number of carbonyl (C=O) groups excluding carboxylic acids is 3. The van der Waals surface area contributed by atoms with Crippen LogP contribution in [0.4, 0.5) is 0 Å². The molecular weight excluding hydrogens is 306 g/mol. The molecule has 0 aliphatic carbocycles. The van der Waals surface area contributed by atoms with Crippen molar-refractivity contribution in [2.75, 3.05) is 26.2 Å². The van der Waals surface area contributed by atoms with Crippen LogP contribution in [0.2, 0.25) is 0 Å². The van der Waals surface area contributed by atoms with Gasteiger partial charge in [0, 0.05) is 25.4 Å². The normalized spacial score (nSPS) is 17.0. The van der Waals surface area contributed by atoms with Crippen molar-refractivity contribution in [2.24, 2.45) is 0 Å². The molecule has 1 aromatic rings. The Labute approximate surface area is 142 Å². The van der Waals surface area contributed by atoms with Crippen LogP contribution in [-0.2, 0) is 14.4 Å². The fourth-order valence-electron chi connectivity index (χ4n) is 2.75. The van der Waals surface area contributed by atoms with Crippen LogP contribution < -0.4 is 10.6 Å². The lowest BCUT2D eigenvalue weighted by Gasteiger charge is -2.16. The summed E-state index contributed by atoms with van der Waals surface area (Å²) in [5.74, 6) is -0.398. The Hall–Kier alpha value is -2.37. The van der Waals surface area contributed by atoms with Crippen LogP contribution in [0.5, 0.6) is 0 Å². The van der Waals surface area contributed by atoms with Crippen LogP contribution in [-0.4, -0.2) is 48.8 Å². The number of benzene rings is 1. The molecule has 1 fully saturated rings. The maximum absolute atomic E-state index is 12.1. The van der Waals surface area contributed by atoms with Gasteiger partial charge in [-0.05, 0) is 12.0 Å². The average molecular weight is 331 g/mol. The zero-order valence-corrected chi connectivity index (χ0v) is 14.1. The summed E-state index contributed by atoms with van der Waals surface area (Å²) in [7, 11) is 0. The summed E-state index contributed by atoms with van der Waals surface area (Å²) in [6.45, 7) is 3.16. The minimum absolute atomic E-state index is 0.00437. The summed E-state index contributed by atoms with van der Waals surface area (Å²) in [5, 5.41) is 5.30. The van der Waals surface area contributed by atoms with Gasteiger partial charge in [-0.1, -0.05) is 43.7 Å². The highest BCUT2D eigenvalue weighted by molar-refractivity contribution is 5.89. The first-order valence-electron chi connectivity index (χ1n) is 8.46. The first-order valence-corrected chi connectivity index (χ1v) is 8.46. The first-order chi connectivity index (χ1) is 11.6. The molecule has 0 aromatic heterocycles. The molecule has 1 aliphatic heterocycles. The van der Waals surface area contributed by atoms with Crippen molar-refractivity contribution < 1.29 is 14.4 Å². The van der Waals surface area contributed by atoms with Gasteiger partial charge >= 0.3 is 0 Å². The molecule has 0 bridgehead atoms. The maximum Gasteiger partial charge on any atom is 0.240 e. The van der Waals surface area contributed by atoms with Gasteiger partial charge in [-0.25, -0.2) is 0 Å². The molecule has 0 spiro atoms. The lowest BCUT2D eigenvalue weighted by Crippen LogP contribution is -2.42. The summed E-state index contributed by atoms with van der Waals surface area (Å²) in [4.78, 5) is 37.1. The molecule has 1 atom stereocenters. The van der Waals surface area contributed by atoms with Gasteiger partial charge in [0.2, 0.25) is 17.7 Å². The zero-order chi connectivity index (χ0) is 17.4. The molecule has 130 valence electrons. The van der Waals surface area contributed by atoms with Crippen molar-refractivity contribution in [3.8, 4) is 0 Å². The topological polar surface area (TPSA) is 78.5 Å². The SMILES string of the molecule is CCCCNC(=O)CNC(=O)CN1C[C@H](c2ccccc2)CC1=O. The van der Waals surface area contributed by atoms with E-state index >= 15 is 0 Å². The third kappa shape index (κ3) is 5.37. The van der Waals surface area contributed by atoms with E-state index in [4.69, 9.17) is 0 Å². The van der Waals surface area contributed by atoms with Gasteiger partial charge in [0.1, 0.15) is 0 Å². The molecule has 0 radical (unpaired) electrons. The number of carbonyl (C=O) groups is 3. The van der Waals surface area contributed by atoms with Crippen molar-refractivity contribution in [3.63, 3.8) is 0 Å². The highest BCUT2D eigenvalue weighted by Gasteiger charge is 2.31. The third-order valence-corrected chi connectivity index (χ3v) is 4.12. The van der Waals surface area contributed by atoms with Gasteiger partial charge in [0.15, 0.2) is 0 Å². The number of nitrogens with one attached hydrogen (secondary N) is 2. The largest absolute Gasteiger partial charge is 0.355 e. The van der Waals surface area contributed by atoms with Gasteiger partial charge in [0.05, 0.1) is 13.1 Å². The second-order valence-electron chi connectivity index (χ2n) is 6.07. The number of amides is 3. The third-order valence-electron chi connectivity index (χ3n) is 4.12. The summed E-state index contributed by atoms with van der Waals surface area (Å²) in [6.07, 6.45) is 2.35. The molecule has 1 saturated heterocycles. The molecule has 2 rings (SSSR count). The van der Waals surface area contributed by atoms with Crippen molar-refractivity contribution in [3.05, 3.63) is 35.9 Å². The monoisotopic (exact) mass is 331 g/mol. The Morgan fingerprint density at radius 3 is 2.62 bits per heavy atom. The first kappa shape index (κ1) is 18.0. The lowest BCUT2D eigenvalue weighted by atomic mass is 9.99. The highest BCUT2D eigenvalue weighted by Crippen LogP contribution is 2.27. The van der Waals surface area contributed by atoms with Crippen molar-refractivity contribution in [1.82, 2.24) is 15.5 Å². The van der Waals surface area contributed by atoms with E-state index in [0.29, 0.717) is 19.5 Å². The van der Waals surface area contributed by atoms with E-state index in [9.17, 15) is 14.4 Å². The molecule has 1 heterocycles. The minimum Gasteiger partial charge on any atom is -0.355 e. The predicted octanol–water partition coefficient (Wildman–Crippen LogP) is 1.04. The van der Waals surface area contributed by atoms with Crippen LogP contribution >= 0.6 is 0 Å². The number of hydrogen-bond donors (Lipinski definition) is 2. The molecule has 24 heavy (non-hydrogen) atoms. The molecule has 0 unspecified atom stereocenters. The van der Waals surface area contributed by atoms with E-state index in [1.807, 2.05) is 37.3 Å². The molecule has 6 heteroatoms. The molecule has 1 aliphatic rings. The summed E-state index contributed by atoms with van der Waals surface area (Å²) >= 11 is 0. The minimum atomic E-state index is -0.303. The molecule has 0 saturated carbocycles. The van der Waals surface area contributed by atoms with Crippen molar-refractivity contribution in [2.45, 2.75) is 32.1 Å². The van der Waals surface area contributed by atoms with Gasteiger partial charge in [-0.2, -0.15) is 0 Å². The quantitative estimate of drug-likeness (QED) is 0.699. The number of rotatable bonds is 8. The Morgan fingerprint density at radius 2 is 1.92 bits per heavy atom. The Morgan fingerprint density at radius 1 is 1.17 bits per heavy atom. The second-order valence-corrected chi connectivity index (χ2v) is 6.07. The summed E-state index contributed by atoms with van der Waals surface area (Å²) in [5.41, 5.74) is 1.11. The molecule has 6 nitrogen and oxygen atoms in total. The van der Waals surface area contributed by atoms with Crippen LogP contribution in [0.3, 0.4) is 0 Å². The zero-order valence-electron chi connectivity index (χ0n) is 14.1. The summed E-state index contributed by atoms with van der Waals surface area (Å²) in [6, 6.07) is 9.85. The lowest BCUT2D eigenvalue weighted by molar-refractivity contribution is -0.133. The Kier molecular flexibility index (Phi) is 6.78. The number of likely N-dealkylation sites (tertiary alicyclic amines) is 1. The van der Waals surface area contributed by atoms with E-state index in [-0.39, 0.29) is 36.7 Å². The van der Waals surface area contributed by atoms with E-state index in [1.165, 1.54) is 0 Å². The van der Waals surface area contributed by atoms with E-state index < -0.39 is 0 Å². The fraction of sp³-hybridized carbons (Fsp3) is 0.500. The van der Waals surface area contributed by atoms with E-state index in [2.05, 4.69) is 10.6 Å². The standard InChI is InChI=1S/C18H25N3O3/c1-2-3-9-19-16(22)11-20-17(23)13-21-12-15(10-18(21)24)14-7-5-4-6-8-14/h4-8,15H,2-3,9-13H2,1H3,(H,19,22)(H,20,23)/t15-/m1/s1. The molecular formula is C18H25N3O3. The van der Waals surface area contributed by atoms with Gasteiger partial charge < -0.3 is 15.5 Å². The Bertz CT molecular complexity index is 574. The highest BCUT2D eigenvalue weighted by atomic mass is 16.2. The summed E-state index contributed by atoms with van der Waals surface area (Å²) < 4.78 is 0. The van der Waals surface area contributed by atoms with Gasteiger partial charge in [0.25, 0.3) is 0 Å². The molecule has 1 aromatic carbocycles. The van der Waals surface area contributed by atoms with Crippen molar-refractivity contribution >= 4 is 17.7 Å². The number of hydrogen-bond acceptors (Lipinski definition) is 3. The van der Waals surface area contributed by atoms with E-state index in [1.54, 1.807) is 4.90 Å². The average Bonchev–Trinajstić information content (AvgIpc) is 2.95.